The molecule has 0 aliphatic carbocycles. The SMILES string of the molecule is Cl.NCCC[C@@H](N)c1cc(O)ccc1Br. The predicted molar refractivity (Wildman–Crippen MR) is 68.3 cm³/mol. The van der Waals surface area contributed by atoms with Crippen LogP contribution in [0.4, 0.5) is 0 Å². The molecule has 0 aliphatic heterocycles. The van der Waals surface area contributed by atoms with Crippen molar-refractivity contribution in [3.05, 3.63) is 28.2 Å². The van der Waals surface area contributed by atoms with E-state index in [0.717, 1.165) is 22.9 Å². The van der Waals surface area contributed by atoms with Gasteiger partial charge < -0.3 is 16.6 Å². The van der Waals surface area contributed by atoms with E-state index in [2.05, 4.69) is 15.9 Å². The van der Waals surface area contributed by atoms with E-state index in [1.807, 2.05) is 0 Å². The van der Waals surface area contributed by atoms with Crippen LogP contribution in [0.3, 0.4) is 0 Å². The Bertz CT molecular complexity index is 309. The number of benzene rings is 1. The molecule has 0 spiro atoms. The van der Waals surface area contributed by atoms with Crippen LogP contribution in [0.1, 0.15) is 24.4 Å². The van der Waals surface area contributed by atoms with Crippen molar-refractivity contribution >= 4 is 28.3 Å². The Morgan fingerprint density at radius 1 is 1.40 bits per heavy atom. The number of hydrogen-bond acceptors (Lipinski definition) is 3. The standard InChI is InChI=1S/C10H15BrN2O.ClH/c11-9-4-3-7(14)6-8(9)10(13)2-1-5-12;/h3-4,6,10,14H,1-2,5,12-13H2;1H/t10-;/m1./s1. The molecule has 0 heterocycles. The fourth-order valence-corrected chi connectivity index (χ4v) is 1.85. The Balaban J connectivity index is 0.00000196. The minimum atomic E-state index is -0.0694. The van der Waals surface area contributed by atoms with Crippen LogP contribution < -0.4 is 11.5 Å². The van der Waals surface area contributed by atoms with Gasteiger partial charge in [0.15, 0.2) is 0 Å². The number of hydrogen-bond donors (Lipinski definition) is 3. The maximum atomic E-state index is 9.31. The highest BCUT2D eigenvalue weighted by molar-refractivity contribution is 9.10. The van der Waals surface area contributed by atoms with Gasteiger partial charge in [0.05, 0.1) is 0 Å². The Kier molecular flexibility index (Phi) is 6.92. The second kappa shape index (κ2) is 7.06. The van der Waals surface area contributed by atoms with Crippen LogP contribution in [0.2, 0.25) is 0 Å². The molecule has 0 amide bonds. The summed E-state index contributed by atoms with van der Waals surface area (Å²) in [7, 11) is 0. The summed E-state index contributed by atoms with van der Waals surface area (Å²) in [5.41, 5.74) is 12.3. The highest BCUT2D eigenvalue weighted by Crippen LogP contribution is 2.28. The van der Waals surface area contributed by atoms with Gasteiger partial charge in [0.2, 0.25) is 0 Å². The average Bonchev–Trinajstić information content (AvgIpc) is 2.18. The van der Waals surface area contributed by atoms with E-state index in [4.69, 9.17) is 11.5 Å². The first kappa shape index (κ1) is 14.7. The van der Waals surface area contributed by atoms with Crippen LogP contribution in [0.25, 0.3) is 0 Å². The van der Waals surface area contributed by atoms with Gasteiger partial charge in [-0.25, -0.2) is 0 Å². The van der Waals surface area contributed by atoms with Crippen molar-refractivity contribution in [2.24, 2.45) is 11.5 Å². The zero-order chi connectivity index (χ0) is 10.6. The zero-order valence-electron chi connectivity index (χ0n) is 8.32. The Labute approximate surface area is 104 Å². The minimum Gasteiger partial charge on any atom is -0.508 e. The molecule has 5 N–H and O–H groups in total. The van der Waals surface area contributed by atoms with Crippen molar-refractivity contribution in [2.45, 2.75) is 18.9 Å². The van der Waals surface area contributed by atoms with Crippen LogP contribution in [0, 0.1) is 0 Å². The quantitative estimate of drug-likeness (QED) is 0.798. The van der Waals surface area contributed by atoms with Crippen molar-refractivity contribution in [1.29, 1.82) is 0 Å². The largest absolute Gasteiger partial charge is 0.508 e. The number of nitrogens with two attached hydrogens (primary N) is 2. The number of halogens is 2. The molecule has 15 heavy (non-hydrogen) atoms. The molecular weight excluding hydrogens is 279 g/mol. The molecule has 86 valence electrons. The monoisotopic (exact) mass is 294 g/mol. The third-order valence-corrected chi connectivity index (χ3v) is 2.82. The van der Waals surface area contributed by atoms with Crippen molar-refractivity contribution < 1.29 is 5.11 Å². The molecular formula is C10H16BrClN2O. The molecule has 1 aromatic carbocycles. The molecule has 0 saturated heterocycles. The van der Waals surface area contributed by atoms with Gasteiger partial charge >= 0.3 is 0 Å². The summed E-state index contributed by atoms with van der Waals surface area (Å²) in [5.74, 6) is 0.242. The Morgan fingerprint density at radius 3 is 2.67 bits per heavy atom. The molecule has 0 fully saturated rings. The average molecular weight is 296 g/mol. The van der Waals surface area contributed by atoms with Gasteiger partial charge in [-0.3, -0.25) is 0 Å². The van der Waals surface area contributed by atoms with Crippen LogP contribution in [0.15, 0.2) is 22.7 Å². The lowest BCUT2D eigenvalue weighted by Gasteiger charge is -2.13. The second-order valence-corrected chi connectivity index (χ2v) is 4.10. The molecule has 5 heteroatoms. The lowest BCUT2D eigenvalue weighted by molar-refractivity contribution is 0.472. The van der Waals surface area contributed by atoms with E-state index in [1.54, 1.807) is 18.2 Å². The highest BCUT2D eigenvalue weighted by Gasteiger charge is 2.09. The first-order valence-electron chi connectivity index (χ1n) is 4.59. The van der Waals surface area contributed by atoms with E-state index in [9.17, 15) is 5.11 Å². The molecule has 1 aromatic rings. The lowest BCUT2D eigenvalue weighted by atomic mass is 10.0. The van der Waals surface area contributed by atoms with Gasteiger partial charge in [0, 0.05) is 10.5 Å². The number of aromatic hydroxyl groups is 1. The van der Waals surface area contributed by atoms with Gasteiger partial charge in [-0.1, -0.05) is 15.9 Å². The third-order valence-electron chi connectivity index (χ3n) is 2.10. The molecule has 1 atom stereocenters. The highest BCUT2D eigenvalue weighted by atomic mass is 79.9. The Hall–Kier alpha value is -0.290. The normalized spacial score (nSPS) is 11.9. The smallest absolute Gasteiger partial charge is 0.115 e. The summed E-state index contributed by atoms with van der Waals surface area (Å²) in [4.78, 5) is 0. The fourth-order valence-electron chi connectivity index (χ4n) is 1.31. The van der Waals surface area contributed by atoms with Crippen molar-refractivity contribution in [3.8, 4) is 5.75 Å². The van der Waals surface area contributed by atoms with E-state index < -0.39 is 0 Å². The van der Waals surface area contributed by atoms with E-state index in [1.165, 1.54) is 0 Å². The summed E-state index contributed by atoms with van der Waals surface area (Å²) in [6, 6.07) is 5.04. The van der Waals surface area contributed by atoms with Gasteiger partial charge in [-0.05, 0) is 43.1 Å². The van der Waals surface area contributed by atoms with Gasteiger partial charge in [-0.2, -0.15) is 0 Å². The van der Waals surface area contributed by atoms with Crippen LogP contribution in [-0.2, 0) is 0 Å². The molecule has 0 saturated carbocycles. The first-order chi connectivity index (χ1) is 6.65. The molecule has 3 nitrogen and oxygen atoms in total. The summed E-state index contributed by atoms with van der Waals surface area (Å²) < 4.78 is 0.930. The number of phenols is 1. The van der Waals surface area contributed by atoms with Crippen LogP contribution in [-0.4, -0.2) is 11.7 Å². The topological polar surface area (TPSA) is 72.3 Å². The minimum absolute atomic E-state index is 0. The van der Waals surface area contributed by atoms with E-state index in [0.29, 0.717) is 6.54 Å². The number of phenolic OH excluding ortho intramolecular Hbond substituents is 1. The van der Waals surface area contributed by atoms with Gasteiger partial charge in [0.25, 0.3) is 0 Å². The van der Waals surface area contributed by atoms with Gasteiger partial charge in [0.1, 0.15) is 5.75 Å². The van der Waals surface area contributed by atoms with E-state index >= 15 is 0 Å². The predicted octanol–water partition coefficient (Wildman–Crippen LogP) is 2.32. The summed E-state index contributed by atoms with van der Waals surface area (Å²) in [5, 5.41) is 9.31. The molecule has 0 radical (unpaired) electrons. The van der Waals surface area contributed by atoms with Crippen molar-refractivity contribution in [1.82, 2.24) is 0 Å². The fraction of sp³-hybridized carbons (Fsp3) is 0.400. The van der Waals surface area contributed by atoms with E-state index in [-0.39, 0.29) is 24.2 Å². The lowest BCUT2D eigenvalue weighted by Crippen LogP contribution is -2.13. The third kappa shape index (κ3) is 4.38. The van der Waals surface area contributed by atoms with Crippen molar-refractivity contribution in [2.75, 3.05) is 6.54 Å². The maximum Gasteiger partial charge on any atom is 0.115 e. The number of rotatable bonds is 4. The molecule has 0 aliphatic rings. The summed E-state index contributed by atoms with van der Waals surface area (Å²) in [6.45, 7) is 0.643. The molecule has 0 bridgehead atoms. The summed E-state index contributed by atoms with van der Waals surface area (Å²) in [6.07, 6.45) is 1.72. The maximum absolute atomic E-state index is 9.31. The first-order valence-corrected chi connectivity index (χ1v) is 5.38. The summed E-state index contributed by atoms with van der Waals surface area (Å²) >= 11 is 3.40. The van der Waals surface area contributed by atoms with Crippen LogP contribution in [0.5, 0.6) is 5.75 Å². The molecule has 0 unspecified atom stereocenters. The Morgan fingerprint density at radius 2 is 2.07 bits per heavy atom. The van der Waals surface area contributed by atoms with Gasteiger partial charge in [-0.15, -0.1) is 12.4 Å². The second-order valence-electron chi connectivity index (χ2n) is 3.24. The zero-order valence-corrected chi connectivity index (χ0v) is 10.7. The van der Waals surface area contributed by atoms with Crippen LogP contribution >= 0.6 is 28.3 Å². The molecule has 1 rings (SSSR count). The van der Waals surface area contributed by atoms with Crippen molar-refractivity contribution in [3.63, 3.8) is 0 Å². The molecule has 0 aromatic heterocycles.